The summed E-state index contributed by atoms with van der Waals surface area (Å²) in [5.41, 5.74) is 0. The number of aldehydes is 1. The van der Waals surface area contributed by atoms with Gasteiger partial charge in [0.25, 0.3) is 0 Å². The van der Waals surface area contributed by atoms with E-state index in [1.165, 1.54) is 6.42 Å². The fraction of sp³-hybridized carbons (Fsp3) is 0.889. The second kappa shape index (κ2) is 4.58. The highest BCUT2D eigenvalue weighted by Crippen LogP contribution is 2.12. The number of hydrogen-bond donors (Lipinski definition) is 1. The lowest BCUT2D eigenvalue weighted by Gasteiger charge is -2.32. The molecule has 1 aliphatic rings. The summed E-state index contributed by atoms with van der Waals surface area (Å²) in [7, 11) is 0. The van der Waals surface area contributed by atoms with Crippen LogP contribution in [0.2, 0.25) is 0 Å². The average Bonchev–Trinajstić information content (AvgIpc) is 2.07. The van der Waals surface area contributed by atoms with Gasteiger partial charge in [0.15, 0.2) is 0 Å². The third-order valence-electron chi connectivity index (χ3n) is 2.45. The van der Waals surface area contributed by atoms with Crippen LogP contribution in [0, 0.1) is 0 Å². The van der Waals surface area contributed by atoms with Crippen LogP contribution in [0.3, 0.4) is 0 Å². The van der Waals surface area contributed by atoms with Gasteiger partial charge in [-0.3, -0.25) is 4.90 Å². The first-order chi connectivity index (χ1) is 5.75. The van der Waals surface area contributed by atoms with Crippen LogP contribution in [0.5, 0.6) is 0 Å². The number of piperidine rings is 1. The van der Waals surface area contributed by atoms with Crippen molar-refractivity contribution in [2.45, 2.75) is 38.3 Å². The molecule has 3 nitrogen and oxygen atoms in total. The highest BCUT2D eigenvalue weighted by Gasteiger charge is 2.23. The van der Waals surface area contributed by atoms with E-state index in [4.69, 9.17) is 0 Å². The van der Waals surface area contributed by atoms with Crippen LogP contribution in [0.25, 0.3) is 0 Å². The summed E-state index contributed by atoms with van der Waals surface area (Å²) >= 11 is 0. The lowest BCUT2D eigenvalue weighted by atomic mass is 10.1. The normalized spacial score (nSPS) is 24.8. The maximum absolute atomic E-state index is 10.6. The number of likely N-dealkylation sites (tertiary alicyclic amines) is 1. The SMILES string of the molecule is CC(O)C(C=O)N1CCCCC1. The van der Waals surface area contributed by atoms with Gasteiger partial charge in [0.1, 0.15) is 6.29 Å². The zero-order valence-electron chi connectivity index (χ0n) is 7.57. The number of aliphatic hydroxyl groups excluding tert-OH is 1. The van der Waals surface area contributed by atoms with E-state index in [0.717, 1.165) is 32.2 Å². The van der Waals surface area contributed by atoms with Gasteiger partial charge in [0, 0.05) is 0 Å². The molecule has 1 N–H and O–H groups in total. The number of carbonyl (C=O) groups excluding carboxylic acids is 1. The molecule has 1 rings (SSSR count). The quantitative estimate of drug-likeness (QED) is 0.626. The molecule has 1 saturated heterocycles. The minimum absolute atomic E-state index is 0.287. The highest BCUT2D eigenvalue weighted by molar-refractivity contribution is 5.58. The van der Waals surface area contributed by atoms with E-state index in [0.29, 0.717) is 0 Å². The molecule has 2 atom stereocenters. The van der Waals surface area contributed by atoms with Crippen molar-refractivity contribution in [2.24, 2.45) is 0 Å². The zero-order chi connectivity index (χ0) is 8.97. The summed E-state index contributed by atoms with van der Waals surface area (Å²) in [6.45, 7) is 3.58. The first kappa shape index (κ1) is 9.68. The standard InChI is InChI=1S/C9H17NO2/c1-8(12)9(7-11)10-5-3-2-4-6-10/h7-9,12H,2-6H2,1H3. The van der Waals surface area contributed by atoms with Crippen LogP contribution < -0.4 is 0 Å². The molecular formula is C9H17NO2. The predicted octanol–water partition coefficient (Wildman–Crippen LogP) is 0.421. The Morgan fingerprint density at radius 3 is 2.33 bits per heavy atom. The minimum Gasteiger partial charge on any atom is -0.391 e. The number of hydrogen-bond acceptors (Lipinski definition) is 3. The lowest BCUT2D eigenvalue weighted by Crippen LogP contribution is -2.46. The van der Waals surface area contributed by atoms with E-state index in [9.17, 15) is 9.90 Å². The average molecular weight is 171 g/mol. The Balaban J connectivity index is 2.45. The maximum atomic E-state index is 10.6. The summed E-state index contributed by atoms with van der Waals surface area (Å²) in [4.78, 5) is 12.7. The molecule has 0 bridgehead atoms. The van der Waals surface area contributed by atoms with E-state index < -0.39 is 6.10 Å². The monoisotopic (exact) mass is 171 g/mol. The maximum Gasteiger partial charge on any atom is 0.139 e. The molecule has 12 heavy (non-hydrogen) atoms. The second-order valence-corrected chi connectivity index (χ2v) is 3.46. The molecule has 1 aliphatic heterocycles. The van der Waals surface area contributed by atoms with Crippen molar-refractivity contribution in [2.75, 3.05) is 13.1 Å². The number of aliphatic hydroxyl groups is 1. The third-order valence-corrected chi connectivity index (χ3v) is 2.45. The minimum atomic E-state index is -0.541. The molecule has 1 fully saturated rings. The van der Waals surface area contributed by atoms with Crippen LogP contribution in [-0.2, 0) is 4.79 Å². The van der Waals surface area contributed by atoms with Crippen molar-refractivity contribution in [3.63, 3.8) is 0 Å². The van der Waals surface area contributed by atoms with Crippen LogP contribution in [0.4, 0.5) is 0 Å². The molecule has 1 heterocycles. The third kappa shape index (κ3) is 2.29. The van der Waals surface area contributed by atoms with Gasteiger partial charge >= 0.3 is 0 Å². The summed E-state index contributed by atoms with van der Waals surface area (Å²) in [6, 6.07) is -0.287. The topological polar surface area (TPSA) is 40.5 Å². The van der Waals surface area contributed by atoms with Crippen LogP contribution >= 0.6 is 0 Å². The Morgan fingerprint density at radius 2 is 1.92 bits per heavy atom. The van der Waals surface area contributed by atoms with Crippen molar-refractivity contribution in [1.82, 2.24) is 4.90 Å². The fourth-order valence-corrected chi connectivity index (χ4v) is 1.72. The van der Waals surface area contributed by atoms with E-state index in [1.807, 2.05) is 0 Å². The van der Waals surface area contributed by atoms with Crippen LogP contribution in [0.1, 0.15) is 26.2 Å². The van der Waals surface area contributed by atoms with Crippen molar-refractivity contribution in [3.05, 3.63) is 0 Å². The Bertz CT molecular complexity index is 141. The van der Waals surface area contributed by atoms with Crippen molar-refractivity contribution in [3.8, 4) is 0 Å². The molecular weight excluding hydrogens is 154 g/mol. The first-order valence-corrected chi connectivity index (χ1v) is 4.63. The van der Waals surface area contributed by atoms with Crippen LogP contribution in [-0.4, -0.2) is 41.5 Å². The molecule has 0 aromatic carbocycles. The van der Waals surface area contributed by atoms with Crippen molar-refractivity contribution < 1.29 is 9.90 Å². The van der Waals surface area contributed by atoms with Crippen molar-refractivity contribution >= 4 is 6.29 Å². The van der Waals surface area contributed by atoms with Crippen molar-refractivity contribution in [1.29, 1.82) is 0 Å². The van der Waals surface area contributed by atoms with Gasteiger partial charge in [0.05, 0.1) is 12.1 Å². The molecule has 0 radical (unpaired) electrons. The fourth-order valence-electron chi connectivity index (χ4n) is 1.72. The molecule has 0 aromatic heterocycles. The van der Waals surface area contributed by atoms with Gasteiger partial charge in [-0.1, -0.05) is 6.42 Å². The predicted molar refractivity (Wildman–Crippen MR) is 47.0 cm³/mol. The van der Waals surface area contributed by atoms with E-state index in [-0.39, 0.29) is 6.04 Å². The Kier molecular flexibility index (Phi) is 3.69. The summed E-state index contributed by atoms with van der Waals surface area (Å²) in [5.74, 6) is 0. The largest absolute Gasteiger partial charge is 0.391 e. The molecule has 0 saturated carbocycles. The molecule has 70 valence electrons. The van der Waals surface area contributed by atoms with Gasteiger partial charge in [-0.2, -0.15) is 0 Å². The first-order valence-electron chi connectivity index (χ1n) is 4.63. The molecule has 0 amide bonds. The molecule has 0 aliphatic carbocycles. The van der Waals surface area contributed by atoms with Gasteiger partial charge in [-0.15, -0.1) is 0 Å². The number of carbonyl (C=O) groups is 1. The Morgan fingerprint density at radius 1 is 1.33 bits per heavy atom. The van der Waals surface area contributed by atoms with Gasteiger partial charge in [-0.25, -0.2) is 0 Å². The van der Waals surface area contributed by atoms with E-state index in [1.54, 1.807) is 6.92 Å². The number of nitrogens with zero attached hydrogens (tertiary/aromatic N) is 1. The highest BCUT2D eigenvalue weighted by atomic mass is 16.3. The molecule has 2 unspecified atom stereocenters. The number of rotatable bonds is 3. The zero-order valence-corrected chi connectivity index (χ0v) is 7.57. The van der Waals surface area contributed by atoms with Gasteiger partial charge < -0.3 is 9.90 Å². The van der Waals surface area contributed by atoms with E-state index in [2.05, 4.69) is 4.90 Å². The molecule has 0 aromatic rings. The Hall–Kier alpha value is -0.410. The molecule has 3 heteroatoms. The summed E-state index contributed by atoms with van der Waals surface area (Å²) in [5, 5.41) is 9.29. The summed E-state index contributed by atoms with van der Waals surface area (Å²) < 4.78 is 0. The van der Waals surface area contributed by atoms with Gasteiger partial charge in [-0.05, 0) is 32.9 Å². The second-order valence-electron chi connectivity index (χ2n) is 3.46. The van der Waals surface area contributed by atoms with Crippen LogP contribution in [0.15, 0.2) is 0 Å². The lowest BCUT2D eigenvalue weighted by molar-refractivity contribution is -0.116. The summed E-state index contributed by atoms with van der Waals surface area (Å²) in [6.07, 6.45) is 3.87. The smallest absolute Gasteiger partial charge is 0.139 e. The van der Waals surface area contributed by atoms with E-state index >= 15 is 0 Å². The van der Waals surface area contributed by atoms with Gasteiger partial charge in [0.2, 0.25) is 0 Å². The Labute approximate surface area is 73.4 Å². The molecule has 0 spiro atoms.